The van der Waals surface area contributed by atoms with Gasteiger partial charge in [0.2, 0.25) is 15.9 Å². The first-order chi connectivity index (χ1) is 12.7. The molecule has 0 aromatic heterocycles. The van der Waals surface area contributed by atoms with Gasteiger partial charge in [0.1, 0.15) is 5.25 Å². The number of sulfonamides is 1. The van der Waals surface area contributed by atoms with Crippen LogP contribution in [0.4, 0.5) is 5.69 Å². The largest absolute Gasteiger partial charge is 0.325 e. The fraction of sp³-hybridized carbons (Fsp3) is 0.632. The maximum Gasteiger partial charge on any atom is 0.227 e. The summed E-state index contributed by atoms with van der Waals surface area (Å²) in [6.45, 7) is 8.49. The Morgan fingerprint density at radius 3 is 2.11 bits per heavy atom. The molecule has 2 aliphatic heterocycles. The van der Waals surface area contributed by atoms with E-state index in [4.69, 9.17) is 0 Å². The predicted octanol–water partition coefficient (Wildman–Crippen LogP) is 1.54. The molecule has 1 amide bonds. The van der Waals surface area contributed by atoms with E-state index in [2.05, 4.69) is 16.2 Å². The fourth-order valence-electron chi connectivity index (χ4n) is 4.16. The molecule has 0 saturated carbocycles. The Labute approximate surface area is 161 Å². The monoisotopic (exact) mass is 394 g/mol. The minimum atomic E-state index is -3.40. The molecule has 2 atom stereocenters. The lowest BCUT2D eigenvalue weighted by Crippen LogP contribution is -2.50. The second-order valence-electron chi connectivity index (χ2n) is 7.80. The zero-order valence-corrected chi connectivity index (χ0v) is 17.3. The van der Waals surface area contributed by atoms with Crippen LogP contribution in [-0.4, -0.2) is 49.1 Å². The van der Waals surface area contributed by atoms with Crippen LogP contribution >= 0.6 is 0 Å². The smallest absolute Gasteiger partial charge is 0.227 e. The maximum atomic E-state index is 13.0. The van der Waals surface area contributed by atoms with Crippen molar-refractivity contribution in [2.75, 3.05) is 18.4 Å². The van der Waals surface area contributed by atoms with E-state index in [-0.39, 0.29) is 23.9 Å². The van der Waals surface area contributed by atoms with Gasteiger partial charge in [-0.25, -0.2) is 12.7 Å². The van der Waals surface area contributed by atoms with Crippen molar-refractivity contribution in [2.45, 2.75) is 57.9 Å². The van der Waals surface area contributed by atoms with Gasteiger partial charge in [-0.3, -0.25) is 15.6 Å². The van der Waals surface area contributed by atoms with Gasteiger partial charge in [-0.2, -0.15) is 0 Å². The molecular formula is C19H30N4O3S. The molecular weight excluding hydrogens is 364 g/mol. The average Bonchev–Trinajstić information content (AvgIpc) is 2.97. The number of aryl methyl sites for hydroxylation is 2. The standard InChI is InChI=1S/C19H30N4O3S/c1-12-6-5-7-13(2)17(12)20-19(24)16-8-10-23(11-9-16)27(25,26)18-14(3)21-22-15(18)4/h5-7,14-16,18,21-22H,8-11H2,1-4H3,(H,20,24). The number of para-hydroxylation sites is 1. The number of amides is 1. The molecule has 3 rings (SSSR count). The molecule has 8 heteroatoms. The SMILES string of the molecule is Cc1cccc(C)c1NC(=O)C1CCN(S(=O)(=O)C2C(C)NNC2C)CC1. The summed E-state index contributed by atoms with van der Waals surface area (Å²) >= 11 is 0. The van der Waals surface area contributed by atoms with Gasteiger partial charge in [0, 0.05) is 36.8 Å². The molecule has 2 fully saturated rings. The van der Waals surface area contributed by atoms with Crippen molar-refractivity contribution in [3.8, 4) is 0 Å². The van der Waals surface area contributed by atoms with E-state index in [1.165, 1.54) is 0 Å². The molecule has 7 nitrogen and oxygen atoms in total. The van der Waals surface area contributed by atoms with Gasteiger partial charge in [-0.15, -0.1) is 0 Å². The molecule has 2 heterocycles. The second kappa shape index (κ2) is 7.87. The third kappa shape index (κ3) is 4.03. The van der Waals surface area contributed by atoms with Crippen LogP contribution in [0.5, 0.6) is 0 Å². The summed E-state index contributed by atoms with van der Waals surface area (Å²) in [5, 5.41) is 2.56. The van der Waals surface area contributed by atoms with Gasteiger partial charge in [-0.05, 0) is 51.7 Å². The number of rotatable bonds is 4. The first-order valence-electron chi connectivity index (χ1n) is 9.59. The Morgan fingerprint density at radius 2 is 1.59 bits per heavy atom. The van der Waals surface area contributed by atoms with Gasteiger partial charge in [0.15, 0.2) is 0 Å². The number of piperidine rings is 1. The lowest BCUT2D eigenvalue weighted by molar-refractivity contribution is -0.120. The molecule has 3 N–H and O–H groups in total. The van der Waals surface area contributed by atoms with Crippen molar-refractivity contribution in [3.05, 3.63) is 29.3 Å². The highest BCUT2D eigenvalue weighted by atomic mass is 32.2. The minimum Gasteiger partial charge on any atom is -0.325 e. The van der Waals surface area contributed by atoms with Gasteiger partial charge in [0.25, 0.3) is 0 Å². The summed E-state index contributed by atoms with van der Waals surface area (Å²) in [5.41, 5.74) is 8.95. The summed E-state index contributed by atoms with van der Waals surface area (Å²) in [4.78, 5) is 12.7. The van der Waals surface area contributed by atoms with Gasteiger partial charge >= 0.3 is 0 Å². The molecule has 2 unspecified atom stereocenters. The number of nitrogens with zero attached hydrogens (tertiary/aromatic N) is 1. The van der Waals surface area contributed by atoms with Crippen molar-refractivity contribution < 1.29 is 13.2 Å². The summed E-state index contributed by atoms with van der Waals surface area (Å²) < 4.78 is 27.6. The number of carbonyl (C=O) groups excluding carboxylic acids is 1. The Kier molecular flexibility index (Phi) is 5.90. The normalized spacial score (nSPS) is 27.6. The topological polar surface area (TPSA) is 90.5 Å². The van der Waals surface area contributed by atoms with E-state index in [0.717, 1.165) is 16.8 Å². The van der Waals surface area contributed by atoms with E-state index < -0.39 is 15.3 Å². The van der Waals surface area contributed by atoms with Crippen LogP contribution in [0.25, 0.3) is 0 Å². The van der Waals surface area contributed by atoms with E-state index in [1.54, 1.807) is 4.31 Å². The Balaban J connectivity index is 1.62. The molecule has 0 radical (unpaired) electrons. The summed E-state index contributed by atoms with van der Waals surface area (Å²) in [7, 11) is -3.40. The van der Waals surface area contributed by atoms with Crippen molar-refractivity contribution in [1.82, 2.24) is 15.2 Å². The summed E-state index contributed by atoms with van der Waals surface area (Å²) in [6.07, 6.45) is 1.10. The van der Waals surface area contributed by atoms with Crippen LogP contribution < -0.4 is 16.2 Å². The Hall–Kier alpha value is -1.48. The maximum absolute atomic E-state index is 13.0. The lowest BCUT2D eigenvalue weighted by Gasteiger charge is -2.34. The molecule has 0 spiro atoms. The second-order valence-corrected chi connectivity index (χ2v) is 9.90. The summed E-state index contributed by atoms with van der Waals surface area (Å²) in [6, 6.07) is 5.64. The number of hydrazine groups is 1. The first-order valence-corrected chi connectivity index (χ1v) is 11.1. The van der Waals surface area contributed by atoms with Crippen molar-refractivity contribution in [2.24, 2.45) is 5.92 Å². The van der Waals surface area contributed by atoms with Crippen LogP contribution in [-0.2, 0) is 14.8 Å². The van der Waals surface area contributed by atoms with Crippen molar-refractivity contribution >= 4 is 21.6 Å². The van der Waals surface area contributed by atoms with Crippen LogP contribution in [0.15, 0.2) is 18.2 Å². The van der Waals surface area contributed by atoms with Gasteiger partial charge in [-0.1, -0.05) is 18.2 Å². The number of benzene rings is 1. The Bertz CT molecular complexity index is 773. The predicted molar refractivity (Wildman–Crippen MR) is 107 cm³/mol. The van der Waals surface area contributed by atoms with E-state index in [9.17, 15) is 13.2 Å². The quantitative estimate of drug-likeness (QED) is 0.721. The number of hydrogen-bond donors (Lipinski definition) is 3. The molecule has 0 aliphatic carbocycles. The number of hydrogen-bond acceptors (Lipinski definition) is 5. The molecule has 150 valence electrons. The van der Waals surface area contributed by atoms with Crippen LogP contribution in [0.2, 0.25) is 0 Å². The minimum absolute atomic E-state index is 0.0182. The molecule has 2 aliphatic rings. The van der Waals surface area contributed by atoms with Crippen molar-refractivity contribution in [1.29, 1.82) is 0 Å². The van der Waals surface area contributed by atoms with Gasteiger partial charge < -0.3 is 5.32 Å². The Morgan fingerprint density at radius 1 is 1.07 bits per heavy atom. The third-order valence-electron chi connectivity index (χ3n) is 5.78. The van der Waals surface area contributed by atoms with Crippen LogP contribution in [0, 0.1) is 19.8 Å². The molecule has 2 saturated heterocycles. The summed E-state index contributed by atoms with van der Waals surface area (Å²) in [5.74, 6) is -0.180. The highest BCUT2D eigenvalue weighted by molar-refractivity contribution is 7.89. The van der Waals surface area contributed by atoms with E-state index >= 15 is 0 Å². The zero-order valence-electron chi connectivity index (χ0n) is 16.5. The van der Waals surface area contributed by atoms with E-state index in [0.29, 0.717) is 25.9 Å². The van der Waals surface area contributed by atoms with Gasteiger partial charge in [0.05, 0.1) is 0 Å². The van der Waals surface area contributed by atoms with Crippen LogP contribution in [0.3, 0.4) is 0 Å². The van der Waals surface area contributed by atoms with Crippen LogP contribution in [0.1, 0.15) is 37.8 Å². The number of carbonyl (C=O) groups is 1. The average molecular weight is 395 g/mol. The number of nitrogens with one attached hydrogen (secondary N) is 3. The molecule has 0 bridgehead atoms. The number of anilines is 1. The molecule has 1 aromatic carbocycles. The molecule has 27 heavy (non-hydrogen) atoms. The van der Waals surface area contributed by atoms with E-state index in [1.807, 2.05) is 45.9 Å². The van der Waals surface area contributed by atoms with Crippen molar-refractivity contribution in [3.63, 3.8) is 0 Å². The third-order valence-corrected chi connectivity index (χ3v) is 8.37. The first kappa shape index (κ1) is 20.3. The highest BCUT2D eigenvalue weighted by Gasteiger charge is 2.44. The molecule has 1 aromatic rings. The highest BCUT2D eigenvalue weighted by Crippen LogP contribution is 2.27. The lowest BCUT2D eigenvalue weighted by atomic mass is 9.96. The zero-order chi connectivity index (χ0) is 19.8. The fourth-order valence-corrected chi connectivity index (χ4v) is 6.39.